The molecule has 7 heteroatoms. The van der Waals surface area contributed by atoms with Gasteiger partial charge in [-0.05, 0) is 42.5 Å². The molecule has 0 aliphatic carbocycles. The van der Waals surface area contributed by atoms with E-state index in [4.69, 9.17) is 16.9 Å². The fourth-order valence-corrected chi connectivity index (χ4v) is 2.79. The maximum atomic E-state index is 12.4. The molecule has 0 spiro atoms. The number of halogens is 1. The number of hydrogen-bond donors (Lipinski definition) is 3. The lowest BCUT2D eigenvalue weighted by atomic mass is 10.2. The van der Waals surface area contributed by atoms with Gasteiger partial charge in [-0.25, -0.2) is 0 Å². The van der Waals surface area contributed by atoms with Crippen molar-refractivity contribution in [1.82, 2.24) is 0 Å². The monoisotopic (exact) mass is 404 g/mol. The fourth-order valence-electron chi connectivity index (χ4n) is 2.62. The number of anilines is 3. The summed E-state index contributed by atoms with van der Waals surface area (Å²) in [6.07, 6.45) is 0. The van der Waals surface area contributed by atoms with Gasteiger partial charge in [0.25, 0.3) is 5.91 Å². The van der Waals surface area contributed by atoms with Gasteiger partial charge in [0.2, 0.25) is 5.91 Å². The van der Waals surface area contributed by atoms with Gasteiger partial charge in [-0.1, -0.05) is 41.9 Å². The number of nitrogens with one attached hydrogen (secondary N) is 3. The van der Waals surface area contributed by atoms with Crippen molar-refractivity contribution in [3.05, 3.63) is 88.9 Å². The van der Waals surface area contributed by atoms with Crippen LogP contribution in [0.15, 0.2) is 72.8 Å². The zero-order valence-electron chi connectivity index (χ0n) is 15.3. The maximum absolute atomic E-state index is 12.4. The van der Waals surface area contributed by atoms with Gasteiger partial charge in [-0.2, -0.15) is 5.26 Å². The molecule has 0 radical (unpaired) electrons. The zero-order chi connectivity index (χ0) is 20.6. The molecule has 0 heterocycles. The zero-order valence-corrected chi connectivity index (χ0v) is 16.0. The number of hydrogen-bond acceptors (Lipinski definition) is 4. The average molecular weight is 405 g/mol. The number of benzene rings is 3. The molecule has 2 amide bonds. The number of amides is 2. The second kappa shape index (κ2) is 9.40. The minimum Gasteiger partial charge on any atom is -0.374 e. The van der Waals surface area contributed by atoms with Crippen LogP contribution in [0.1, 0.15) is 15.9 Å². The third-order valence-corrected chi connectivity index (χ3v) is 4.26. The lowest BCUT2D eigenvalue weighted by molar-refractivity contribution is -0.114. The Morgan fingerprint density at radius 1 is 0.862 bits per heavy atom. The SMILES string of the molecule is N#Cc1ccc(Cl)cc1NC(=O)CNc1ccccc1NC(=O)c1ccccc1. The molecule has 0 bridgehead atoms. The molecule has 6 nitrogen and oxygen atoms in total. The summed E-state index contributed by atoms with van der Waals surface area (Å²) in [7, 11) is 0. The first-order valence-electron chi connectivity index (χ1n) is 8.75. The molecule has 0 aliphatic heterocycles. The van der Waals surface area contributed by atoms with Gasteiger partial charge in [0.15, 0.2) is 0 Å². The number of rotatable bonds is 6. The Morgan fingerprint density at radius 3 is 2.28 bits per heavy atom. The highest BCUT2D eigenvalue weighted by Crippen LogP contribution is 2.23. The normalized spacial score (nSPS) is 9.93. The second-order valence-electron chi connectivity index (χ2n) is 6.07. The van der Waals surface area contributed by atoms with Crippen molar-refractivity contribution in [2.45, 2.75) is 0 Å². The van der Waals surface area contributed by atoms with E-state index in [1.807, 2.05) is 12.1 Å². The highest BCUT2D eigenvalue weighted by Gasteiger charge is 2.11. The average Bonchev–Trinajstić information content (AvgIpc) is 2.74. The summed E-state index contributed by atoms with van der Waals surface area (Å²) in [5, 5.41) is 18.1. The van der Waals surface area contributed by atoms with Crippen molar-refractivity contribution in [3.63, 3.8) is 0 Å². The molecule has 29 heavy (non-hydrogen) atoms. The topological polar surface area (TPSA) is 94.0 Å². The fraction of sp³-hybridized carbons (Fsp3) is 0.0455. The Morgan fingerprint density at radius 2 is 1.55 bits per heavy atom. The first-order valence-corrected chi connectivity index (χ1v) is 9.13. The Hall–Kier alpha value is -3.82. The summed E-state index contributed by atoms with van der Waals surface area (Å²) in [5.74, 6) is -0.602. The minimum absolute atomic E-state index is 0.0599. The van der Waals surface area contributed by atoms with E-state index in [0.717, 1.165) is 0 Å². The van der Waals surface area contributed by atoms with Crippen molar-refractivity contribution in [3.8, 4) is 6.07 Å². The molecule has 0 atom stereocenters. The molecule has 0 unspecified atom stereocenters. The largest absolute Gasteiger partial charge is 0.374 e. The Balaban J connectivity index is 1.66. The molecular weight excluding hydrogens is 388 g/mol. The van der Waals surface area contributed by atoms with E-state index in [0.29, 0.717) is 33.2 Å². The first kappa shape index (κ1) is 19.9. The van der Waals surface area contributed by atoms with E-state index < -0.39 is 0 Å². The van der Waals surface area contributed by atoms with Gasteiger partial charge < -0.3 is 16.0 Å². The standard InChI is InChI=1S/C22H17ClN4O2/c23-17-11-10-16(13-24)20(12-17)26-21(28)14-25-18-8-4-5-9-19(18)27-22(29)15-6-2-1-3-7-15/h1-12,25H,14H2,(H,26,28)(H,27,29). The smallest absolute Gasteiger partial charge is 0.255 e. The highest BCUT2D eigenvalue weighted by atomic mass is 35.5. The summed E-state index contributed by atoms with van der Waals surface area (Å²) in [6.45, 7) is -0.0599. The van der Waals surface area contributed by atoms with Crippen LogP contribution in [0.4, 0.5) is 17.1 Å². The third-order valence-electron chi connectivity index (χ3n) is 4.03. The highest BCUT2D eigenvalue weighted by molar-refractivity contribution is 6.31. The predicted octanol–water partition coefficient (Wildman–Crippen LogP) is 4.51. The number of carbonyl (C=O) groups excluding carboxylic acids is 2. The van der Waals surface area contributed by atoms with Crippen molar-refractivity contribution in [2.24, 2.45) is 0 Å². The lowest BCUT2D eigenvalue weighted by Crippen LogP contribution is -2.23. The molecule has 0 aliphatic rings. The van der Waals surface area contributed by atoms with E-state index in [-0.39, 0.29) is 18.4 Å². The van der Waals surface area contributed by atoms with Crippen molar-refractivity contribution in [1.29, 1.82) is 5.26 Å². The summed E-state index contributed by atoms with van der Waals surface area (Å²) in [4.78, 5) is 24.7. The van der Waals surface area contributed by atoms with Crippen LogP contribution in [0.25, 0.3) is 0 Å². The van der Waals surface area contributed by atoms with Crippen LogP contribution in [-0.2, 0) is 4.79 Å². The minimum atomic E-state index is -0.354. The van der Waals surface area contributed by atoms with Gasteiger partial charge in [0, 0.05) is 10.6 Å². The number of para-hydroxylation sites is 2. The molecule has 3 N–H and O–H groups in total. The van der Waals surface area contributed by atoms with Crippen LogP contribution in [0, 0.1) is 11.3 Å². The number of carbonyl (C=O) groups is 2. The summed E-state index contributed by atoms with van der Waals surface area (Å²) in [5.41, 5.74) is 2.34. The third kappa shape index (κ3) is 5.34. The van der Waals surface area contributed by atoms with E-state index in [9.17, 15) is 9.59 Å². The lowest BCUT2D eigenvalue weighted by Gasteiger charge is -2.13. The van der Waals surface area contributed by atoms with Gasteiger partial charge in [-0.3, -0.25) is 9.59 Å². The molecule has 144 valence electrons. The van der Waals surface area contributed by atoms with Crippen molar-refractivity contribution in [2.75, 3.05) is 22.5 Å². The Kier molecular flexibility index (Phi) is 6.46. The molecule has 0 saturated heterocycles. The summed E-state index contributed by atoms with van der Waals surface area (Å²) < 4.78 is 0. The van der Waals surface area contributed by atoms with Gasteiger partial charge in [0.05, 0.1) is 29.2 Å². The van der Waals surface area contributed by atoms with E-state index in [1.165, 1.54) is 6.07 Å². The maximum Gasteiger partial charge on any atom is 0.255 e. The summed E-state index contributed by atoms with van der Waals surface area (Å²) in [6, 6.07) is 22.6. The van der Waals surface area contributed by atoms with Crippen LogP contribution >= 0.6 is 11.6 Å². The first-order chi connectivity index (χ1) is 14.1. The Bertz CT molecular complexity index is 1080. The molecule has 3 rings (SSSR count). The molecule has 3 aromatic carbocycles. The molecule has 0 fully saturated rings. The quantitative estimate of drug-likeness (QED) is 0.563. The van der Waals surface area contributed by atoms with E-state index in [2.05, 4.69) is 16.0 Å². The van der Waals surface area contributed by atoms with Crippen LogP contribution in [0.3, 0.4) is 0 Å². The van der Waals surface area contributed by atoms with Crippen LogP contribution < -0.4 is 16.0 Å². The van der Waals surface area contributed by atoms with Gasteiger partial charge >= 0.3 is 0 Å². The predicted molar refractivity (Wildman–Crippen MR) is 114 cm³/mol. The van der Waals surface area contributed by atoms with Gasteiger partial charge in [-0.15, -0.1) is 0 Å². The van der Waals surface area contributed by atoms with Gasteiger partial charge in [0.1, 0.15) is 6.07 Å². The van der Waals surface area contributed by atoms with Crippen LogP contribution in [-0.4, -0.2) is 18.4 Å². The number of nitrogens with zero attached hydrogens (tertiary/aromatic N) is 1. The second-order valence-corrected chi connectivity index (χ2v) is 6.51. The number of nitriles is 1. The molecule has 3 aromatic rings. The van der Waals surface area contributed by atoms with Crippen LogP contribution in [0.5, 0.6) is 0 Å². The van der Waals surface area contributed by atoms with E-state index >= 15 is 0 Å². The van der Waals surface area contributed by atoms with E-state index in [1.54, 1.807) is 60.7 Å². The molecule has 0 aromatic heterocycles. The molecule has 0 saturated carbocycles. The molecular formula is C22H17ClN4O2. The van der Waals surface area contributed by atoms with Crippen molar-refractivity contribution >= 4 is 40.5 Å². The van der Waals surface area contributed by atoms with Crippen LogP contribution in [0.2, 0.25) is 5.02 Å². The summed E-state index contributed by atoms with van der Waals surface area (Å²) >= 11 is 5.93. The Labute approximate surface area is 173 Å². The van der Waals surface area contributed by atoms with Crippen molar-refractivity contribution < 1.29 is 9.59 Å².